The van der Waals surface area contributed by atoms with Gasteiger partial charge in [-0.05, 0) is 35.2 Å². The van der Waals surface area contributed by atoms with Gasteiger partial charge in [0.1, 0.15) is 23.7 Å². The Labute approximate surface area is 157 Å². The minimum Gasteiger partial charge on any atom is -0.340 e. The minimum absolute atomic E-state index is 0.0748. The van der Waals surface area contributed by atoms with E-state index in [0.29, 0.717) is 5.82 Å². The average molecular weight is 364 g/mol. The zero-order chi connectivity index (χ0) is 19.4. The third-order valence-corrected chi connectivity index (χ3v) is 4.05. The van der Waals surface area contributed by atoms with Crippen molar-refractivity contribution in [1.82, 2.24) is 9.97 Å². The number of hydrogen-bond donors (Lipinski definition) is 2. The Kier molecular flexibility index (Phi) is 5.16. The summed E-state index contributed by atoms with van der Waals surface area (Å²) in [7, 11) is 0. The van der Waals surface area contributed by atoms with Gasteiger partial charge in [-0.2, -0.15) is 0 Å². The highest BCUT2D eigenvalue weighted by Gasteiger charge is 2.14. The molecule has 0 atom stereocenters. The topological polar surface area (TPSA) is 66.9 Å². The zero-order valence-electron chi connectivity index (χ0n) is 15.5. The van der Waals surface area contributed by atoms with E-state index in [2.05, 4.69) is 53.5 Å². The van der Waals surface area contributed by atoms with Crippen LogP contribution in [0.3, 0.4) is 0 Å². The standard InChI is InChI=1S/C21H21FN4O/c1-21(2,3)14-8-10-15(11-9-14)25-19-12-18(23-13-24-19)20(27)26-17-7-5-4-6-16(17)22/h4-13H,1-3H3,(H,26,27)(H,23,24,25). The molecule has 3 aromatic rings. The molecule has 0 fully saturated rings. The first kappa shape index (κ1) is 18.5. The molecule has 3 rings (SSSR count). The molecule has 27 heavy (non-hydrogen) atoms. The lowest BCUT2D eigenvalue weighted by molar-refractivity contribution is 0.102. The number of nitrogens with zero attached hydrogens (tertiary/aromatic N) is 2. The quantitative estimate of drug-likeness (QED) is 0.690. The van der Waals surface area contributed by atoms with Crippen LogP contribution in [-0.4, -0.2) is 15.9 Å². The number of benzene rings is 2. The maximum absolute atomic E-state index is 13.7. The molecule has 1 aromatic heterocycles. The highest BCUT2D eigenvalue weighted by molar-refractivity contribution is 6.03. The van der Waals surface area contributed by atoms with Crippen LogP contribution in [0.5, 0.6) is 0 Å². The van der Waals surface area contributed by atoms with E-state index in [0.717, 1.165) is 5.69 Å². The van der Waals surface area contributed by atoms with E-state index in [1.165, 1.54) is 30.1 Å². The van der Waals surface area contributed by atoms with Gasteiger partial charge in [0.15, 0.2) is 0 Å². The SMILES string of the molecule is CC(C)(C)c1ccc(Nc2cc(C(=O)Nc3ccccc3F)ncn2)cc1. The Morgan fingerprint density at radius 3 is 2.37 bits per heavy atom. The summed E-state index contributed by atoms with van der Waals surface area (Å²) in [4.78, 5) is 20.4. The number of rotatable bonds is 4. The summed E-state index contributed by atoms with van der Waals surface area (Å²) in [5.41, 5.74) is 2.39. The molecule has 1 amide bonds. The fourth-order valence-corrected chi connectivity index (χ4v) is 2.50. The van der Waals surface area contributed by atoms with Crippen LogP contribution in [0, 0.1) is 5.82 Å². The van der Waals surface area contributed by atoms with Crippen LogP contribution >= 0.6 is 0 Å². The van der Waals surface area contributed by atoms with Crippen molar-refractivity contribution in [2.24, 2.45) is 0 Å². The maximum atomic E-state index is 13.7. The molecule has 6 heteroatoms. The third-order valence-electron chi connectivity index (χ3n) is 4.05. The first-order chi connectivity index (χ1) is 12.8. The van der Waals surface area contributed by atoms with E-state index < -0.39 is 11.7 Å². The van der Waals surface area contributed by atoms with Gasteiger partial charge in [-0.1, -0.05) is 45.0 Å². The second kappa shape index (κ2) is 7.53. The number of nitrogens with one attached hydrogen (secondary N) is 2. The summed E-state index contributed by atoms with van der Waals surface area (Å²) in [6, 6.07) is 15.5. The lowest BCUT2D eigenvalue weighted by Gasteiger charge is -2.19. The number of carbonyl (C=O) groups is 1. The Balaban J connectivity index is 1.73. The Morgan fingerprint density at radius 1 is 1.00 bits per heavy atom. The van der Waals surface area contributed by atoms with E-state index in [1.807, 2.05) is 12.1 Å². The van der Waals surface area contributed by atoms with Crippen LogP contribution < -0.4 is 10.6 Å². The van der Waals surface area contributed by atoms with Crippen molar-refractivity contribution in [3.05, 3.63) is 78.0 Å². The van der Waals surface area contributed by atoms with Crippen molar-refractivity contribution in [1.29, 1.82) is 0 Å². The predicted octanol–water partition coefficient (Wildman–Crippen LogP) is 4.91. The molecule has 0 spiro atoms. The molecule has 0 aliphatic heterocycles. The van der Waals surface area contributed by atoms with Gasteiger partial charge < -0.3 is 10.6 Å². The van der Waals surface area contributed by atoms with Crippen LogP contribution in [0.2, 0.25) is 0 Å². The summed E-state index contributed by atoms with van der Waals surface area (Å²) in [5.74, 6) is -0.530. The minimum atomic E-state index is -0.506. The van der Waals surface area contributed by atoms with E-state index in [1.54, 1.807) is 12.1 Å². The van der Waals surface area contributed by atoms with E-state index >= 15 is 0 Å². The molecule has 2 N–H and O–H groups in total. The van der Waals surface area contributed by atoms with Crippen molar-refractivity contribution in [2.45, 2.75) is 26.2 Å². The van der Waals surface area contributed by atoms with Crippen molar-refractivity contribution >= 4 is 23.1 Å². The summed E-state index contributed by atoms with van der Waals surface area (Å²) in [6.45, 7) is 6.46. The fourth-order valence-electron chi connectivity index (χ4n) is 2.50. The summed E-state index contributed by atoms with van der Waals surface area (Å²) < 4.78 is 13.7. The van der Waals surface area contributed by atoms with Crippen LogP contribution in [0.25, 0.3) is 0 Å². The average Bonchev–Trinajstić information content (AvgIpc) is 2.63. The summed E-state index contributed by atoms with van der Waals surface area (Å²) >= 11 is 0. The largest absolute Gasteiger partial charge is 0.340 e. The van der Waals surface area contributed by atoms with Gasteiger partial charge in [-0.15, -0.1) is 0 Å². The molecule has 0 bridgehead atoms. The number of carbonyl (C=O) groups excluding carboxylic acids is 1. The highest BCUT2D eigenvalue weighted by Crippen LogP contribution is 2.24. The molecule has 0 radical (unpaired) electrons. The molecule has 0 aliphatic carbocycles. The smallest absolute Gasteiger partial charge is 0.274 e. The fraction of sp³-hybridized carbons (Fsp3) is 0.190. The van der Waals surface area contributed by atoms with Gasteiger partial charge in [0.25, 0.3) is 5.91 Å². The second-order valence-corrected chi connectivity index (χ2v) is 7.17. The third kappa shape index (κ3) is 4.67. The van der Waals surface area contributed by atoms with Gasteiger partial charge in [-0.3, -0.25) is 4.79 Å². The molecule has 2 aromatic carbocycles. The monoisotopic (exact) mass is 364 g/mol. The van der Waals surface area contributed by atoms with Gasteiger partial charge >= 0.3 is 0 Å². The van der Waals surface area contributed by atoms with Crippen molar-refractivity contribution in [3.8, 4) is 0 Å². The number of para-hydroxylation sites is 1. The second-order valence-electron chi connectivity index (χ2n) is 7.17. The van der Waals surface area contributed by atoms with Crippen LogP contribution in [0.1, 0.15) is 36.8 Å². The Bertz CT molecular complexity index is 949. The lowest BCUT2D eigenvalue weighted by atomic mass is 9.87. The van der Waals surface area contributed by atoms with Gasteiger partial charge in [-0.25, -0.2) is 14.4 Å². The lowest BCUT2D eigenvalue weighted by Crippen LogP contribution is -2.15. The van der Waals surface area contributed by atoms with Gasteiger partial charge in [0, 0.05) is 11.8 Å². The zero-order valence-corrected chi connectivity index (χ0v) is 15.5. The van der Waals surface area contributed by atoms with Crippen LogP contribution in [0.4, 0.5) is 21.6 Å². The normalized spacial score (nSPS) is 11.1. The van der Waals surface area contributed by atoms with Gasteiger partial charge in [0.05, 0.1) is 5.69 Å². The van der Waals surface area contributed by atoms with Gasteiger partial charge in [0.2, 0.25) is 0 Å². The number of halogens is 1. The number of anilines is 3. The van der Waals surface area contributed by atoms with E-state index in [9.17, 15) is 9.18 Å². The first-order valence-electron chi connectivity index (χ1n) is 8.58. The molecule has 0 saturated carbocycles. The number of hydrogen-bond acceptors (Lipinski definition) is 4. The number of aromatic nitrogens is 2. The summed E-state index contributed by atoms with van der Waals surface area (Å²) in [5, 5.41) is 5.66. The van der Waals surface area contributed by atoms with Crippen LogP contribution in [0.15, 0.2) is 60.9 Å². The maximum Gasteiger partial charge on any atom is 0.274 e. The molecule has 0 aliphatic rings. The molecule has 0 unspecified atom stereocenters. The van der Waals surface area contributed by atoms with Crippen molar-refractivity contribution < 1.29 is 9.18 Å². The van der Waals surface area contributed by atoms with E-state index in [4.69, 9.17) is 0 Å². The van der Waals surface area contributed by atoms with Crippen LogP contribution in [-0.2, 0) is 5.41 Å². The number of amides is 1. The molecule has 138 valence electrons. The first-order valence-corrected chi connectivity index (χ1v) is 8.58. The predicted molar refractivity (Wildman–Crippen MR) is 105 cm³/mol. The highest BCUT2D eigenvalue weighted by atomic mass is 19.1. The molecule has 5 nitrogen and oxygen atoms in total. The summed E-state index contributed by atoms with van der Waals surface area (Å²) in [6.07, 6.45) is 1.29. The molecular formula is C21H21FN4O. The Morgan fingerprint density at radius 2 is 1.70 bits per heavy atom. The molecule has 0 saturated heterocycles. The Hall–Kier alpha value is -3.28. The van der Waals surface area contributed by atoms with Crippen molar-refractivity contribution in [3.63, 3.8) is 0 Å². The van der Waals surface area contributed by atoms with Crippen molar-refractivity contribution in [2.75, 3.05) is 10.6 Å². The molecular weight excluding hydrogens is 343 g/mol. The molecule has 1 heterocycles. The van der Waals surface area contributed by atoms with E-state index in [-0.39, 0.29) is 16.8 Å².